The predicted octanol–water partition coefficient (Wildman–Crippen LogP) is 2.89. The molecule has 0 spiro atoms. The third kappa shape index (κ3) is 5.56. The van der Waals surface area contributed by atoms with Crippen molar-refractivity contribution in [2.45, 2.75) is 25.7 Å². The molecule has 9 heteroatoms. The molecule has 1 heterocycles. The number of carbonyl (C=O) groups is 3. The Bertz CT molecular complexity index is 944. The van der Waals surface area contributed by atoms with Crippen LogP contribution in [0.25, 0.3) is 0 Å². The van der Waals surface area contributed by atoms with E-state index < -0.39 is 5.91 Å². The Morgan fingerprint density at radius 2 is 1.83 bits per heavy atom. The highest BCUT2D eigenvalue weighted by Gasteiger charge is 2.25. The van der Waals surface area contributed by atoms with Crippen LogP contribution in [0.2, 0.25) is 5.02 Å². The Balaban J connectivity index is 1.57. The van der Waals surface area contributed by atoms with E-state index in [0.717, 1.165) is 36.1 Å². The molecule has 0 bridgehead atoms. The van der Waals surface area contributed by atoms with E-state index >= 15 is 0 Å². The number of thiophene rings is 1. The SMILES string of the molecule is CN(CC(=O)Nc1cccc(Cl)c1)CC(=O)Nc1sc2c(c1C(N)=O)CCCC2. The number of fused-ring (bicyclic) bond motifs is 1. The van der Waals surface area contributed by atoms with Crippen molar-refractivity contribution in [1.82, 2.24) is 4.90 Å². The maximum absolute atomic E-state index is 12.4. The van der Waals surface area contributed by atoms with Gasteiger partial charge in [-0.3, -0.25) is 19.3 Å². The van der Waals surface area contributed by atoms with E-state index in [1.165, 1.54) is 11.3 Å². The molecule has 1 aromatic carbocycles. The first kappa shape index (κ1) is 21.3. The van der Waals surface area contributed by atoms with Gasteiger partial charge in [0.2, 0.25) is 11.8 Å². The molecule has 0 saturated carbocycles. The summed E-state index contributed by atoms with van der Waals surface area (Å²) in [7, 11) is 1.67. The lowest BCUT2D eigenvalue weighted by atomic mass is 9.95. The van der Waals surface area contributed by atoms with Crippen molar-refractivity contribution in [3.05, 3.63) is 45.3 Å². The van der Waals surface area contributed by atoms with Crippen LogP contribution in [0.4, 0.5) is 10.7 Å². The number of nitrogens with one attached hydrogen (secondary N) is 2. The number of likely N-dealkylation sites (N-methyl/N-ethyl adjacent to an activating group) is 1. The van der Waals surface area contributed by atoms with Crippen molar-refractivity contribution in [3.63, 3.8) is 0 Å². The van der Waals surface area contributed by atoms with E-state index in [1.54, 1.807) is 36.2 Å². The molecule has 2 aromatic rings. The number of aryl methyl sites for hydroxylation is 1. The lowest BCUT2D eigenvalue weighted by molar-refractivity contribution is -0.119. The summed E-state index contributed by atoms with van der Waals surface area (Å²) >= 11 is 7.33. The zero-order valence-electron chi connectivity index (χ0n) is 16.1. The fourth-order valence-corrected chi connectivity index (χ4v) is 4.89. The molecule has 3 rings (SSSR count). The number of primary amides is 1. The van der Waals surface area contributed by atoms with Crippen LogP contribution in [0, 0.1) is 0 Å². The number of halogens is 1. The van der Waals surface area contributed by atoms with E-state index in [0.29, 0.717) is 21.3 Å². The first-order valence-corrected chi connectivity index (χ1v) is 10.5. The van der Waals surface area contributed by atoms with Gasteiger partial charge < -0.3 is 16.4 Å². The molecule has 1 aliphatic rings. The van der Waals surface area contributed by atoms with Crippen LogP contribution < -0.4 is 16.4 Å². The first-order valence-electron chi connectivity index (χ1n) is 9.31. The molecule has 154 valence electrons. The lowest BCUT2D eigenvalue weighted by Crippen LogP contribution is -2.36. The van der Waals surface area contributed by atoms with Crippen LogP contribution >= 0.6 is 22.9 Å². The Kier molecular flexibility index (Phi) is 6.89. The van der Waals surface area contributed by atoms with E-state index in [2.05, 4.69) is 10.6 Å². The quantitative estimate of drug-likeness (QED) is 0.623. The molecule has 4 N–H and O–H groups in total. The van der Waals surface area contributed by atoms with Gasteiger partial charge in [-0.25, -0.2) is 0 Å². The normalized spacial score (nSPS) is 13.1. The van der Waals surface area contributed by atoms with Gasteiger partial charge in [-0.15, -0.1) is 11.3 Å². The zero-order valence-corrected chi connectivity index (χ0v) is 17.7. The summed E-state index contributed by atoms with van der Waals surface area (Å²) in [5.74, 6) is -1.08. The summed E-state index contributed by atoms with van der Waals surface area (Å²) < 4.78 is 0. The summed E-state index contributed by atoms with van der Waals surface area (Å²) in [6.07, 6.45) is 3.80. The van der Waals surface area contributed by atoms with Crippen molar-refractivity contribution in [3.8, 4) is 0 Å². The van der Waals surface area contributed by atoms with Crippen LogP contribution in [0.1, 0.15) is 33.6 Å². The second-order valence-corrected chi connectivity index (χ2v) is 8.60. The van der Waals surface area contributed by atoms with Gasteiger partial charge in [0, 0.05) is 15.6 Å². The maximum Gasteiger partial charge on any atom is 0.251 e. The molecule has 29 heavy (non-hydrogen) atoms. The Morgan fingerprint density at radius 3 is 2.52 bits per heavy atom. The van der Waals surface area contributed by atoms with Crippen molar-refractivity contribution in [2.24, 2.45) is 5.73 Å². The molecule has 0 aliphatic heterocycles. The molecule has 3 amide bonds. The number of nitrogens with two attached hydrogens (primary N) is 1. The molecule has 1 aromatic heterocycles. The van der Waals surface area contributed by atoms with Crippen molar-refractivity contribution >= 4 is 51.3 Å². The molecule has 0 unspecified atom stereocenters. The topological polar surface area (TPSA) is 105 Å². The van der Waals surface area contributed by atoms with E-state index in [-0.39, 0.29) is 24.9 Å². The zero-order chi connectivity index (χ0) is 21.0. The minimum Gasteiger partial charge on any atom is -0.365 e. The molecular weight excluding hydrogens is 412 g/mol. The summed E-state index contributed by atoms with van der Waals surface area (Å²) in [5.41, 5.74) is 7.55. The predicted molar refractivity (Wildman–Crippen MR) is 116 cm³/mol. The van der Waals surface area contributed by atoms with Gasteiger partial charge in [-0.1, -0.05) is 17.7 Å². The number of hydrogen-bond acceptors (Lipinski definition) is 5. The second kappa shape index (κ2) is 9.39. The smallest absolute Gasteiger partial charge is 0.251 e. The molecule has 1 aliphatic carbocycles. The molecule has 0 radical (unpaired) electrons. The number of anilines is 2. The molecule has 7 nitrogen and oxygen atoms in total. The fraction of sp³-hybridized carbons (Fsp3) is 0.350. The standard InChI is InChI=1S/C20H23ClN4O3S/c1-25(10-16(26)23-13-6-4-5-12(21)9-13)11-17(27)24-20-18(19(22)28)14-7-2-3-8-15(14)29-20/h4-6,9H,2-3,7-8,10-11H2,1H3,(H2,22,28)(H,23,26)(H,24,27). The molecule has 0 atom stereocenters. The van der Waals surface area contributed by atoms with Gasteiger partial charge in [0.05, 0.1) is 18.7 Å². The third-order valence-corrected chi connectivity index (χ3v) is 6.05. The highest BCUT2D eigenvalue weighted by atomic mass is 35.5. The lowest BCUT2D eigenvalue weighted by Gasteiger charge is -2.16. The van der Waals surface area contributed by atoms with Crippen LogP contribution in [0.5, 0.6) is 0 Å². The Hall–Kier alpha value is -2.42. The van der Waals surface area contributed by atoms with Gasteiger partial charge in [0.25, 0.3) is 5.91 Å². The number of rotatable bonds is 7. The van der Waals surface area contributed by atoms with Gasteiger partial charge in [0.15, 0.2) is 0 Å². The summed E-state index contributed by atoms with van der Waals surface area (Å²) in [6, 6.07) is 6.85. The van der Waals surface area contributed by atoms with Gasteiger partial charge in [-0.05, 0) is 56.5 Å². The van der Waals surface area contributed by atoms with Crippen LogP contribution in [0.15, 0.2) is 24.3 Å². The average molecular weight is 435 g/mol. The van der Waals surface area contributed by atoms with Crippen molar-refractivity contribution < 1.29 is 14.4 Å². The maximum atomic E-state index is 12.4. The highest BCUT2D eigenvalue weighted by molar-refractivity contribution is 7.17. The Labute approximate surface area is 178 Å². The minimum absolute atomic E-state index is 0.00370. The second-order valence-electron chi connectivity index (χ2n) is 7.06. The summed E-state index contributed by atoms with van der Waals surface area (Å²) in [5, 5.41) is 6.57. The number of amides is 3. The summed E-state index contributed by atoms with van der Waals surface area (Å²) in [4.78, 5) is 39.2. The summed E-state index contributed by atoms with van der Waals surface area (Å²) in [6.45, 7) is 0.0350. The van der Waals surface area contributed by atoms with Gasteiger partial charge >= 0.3 is 0 Å². The number of nitrogens with zero attached hydrogens (tertiary/aromatic N) is 1. The fourth-order valence-electron chi connectivity index (χ4n) is 3.39. The minimum atomic E-state index is -0.519. The van der Waals surface area contributed by atoms with E-state index in [9.17, 15) is 14.4 Å². The van der Waals surface area contributed by atoms with E-state index in [1.807, 2.05) is 0 Å². The van der Waals surface area contributed by atoms with Crippen molar-refractivity contribution in [1.29, 1.82) is 0 Å². The van der Waals surface area contributed by atoms with E-state index in [4.69, 9.17) is 17.3 Å². The highest BCUT2D eigenvalue weighted by Crippen LogP contribution is 2.37. The van der Waals surface area contributed by atoms with Crippen LogP contribution in [-0.4, -0.2) is 42.8 Å². The molecular formula is C20H23ClN4O3S. The van der Waals surface area contributed by atoms with Crippen LogP contribution in [-0.2, 0) is 22.4 Å². The number of benzene rings is 1. The van der Waals surface area contributed by atoms with Crippen molar-refractivity contribution in [2.75, 3.05) is 30.8 Å². The third-order valence-electron chi connectivity index (χ3n) is 4.61. The van der Waals surface area contributed by atoms with Gasteiger partial charge in [-0.2, -0.15) is 0 Å². The van der Waals surface area contributed by atoms with Crippen LogP contribution in [0.3, 0.4) is 0 Å². The number of carbonyl (C=O) groups excluding carboxylic acids is 3. The average Bonchev–Trinajstić information content (AvgIpc) is 2.98. The first-order chi connectivity index (χ1) is 13.8. The monoisotopic (exact) mass is 434 g/mol. The molecule has 0 fully saturated rings. The Morgan fingerprint density at radius 1 is 1.14 bits per heavy atom. The number of hydrogen-bond donors (Lipinski definition) is 3. The molecule has 0 saturated heterocycles. The largest absolute Gasteiger partial charge is 0.365 e. The van der Waals surface area contributed by atoms with Gasteiger partial charge in [0.1, 0.15) is 5.00 Å².